The van der Waals surface area contributed by atoms with Gasteiger partial charge in [0, 0.05) is 134 Å². The number of carbonyl (C=O) groups is 5. The summed E-state index contributed by atoms with van der Waals surface area (Å²) in [5.41, 5.74) is 10.5. The average Bonchev–Trinajstić information content (AvgIpc) is 1.62. The molecule has 0 N–H and O–H groups in total. The van der Waals surface area contributed by atoms with E-state index in [1.807, 2.05) is 268 Å². The second kappa shape index (κ2) is 51.0. The number of alkyl halides is 3. The van der Waals surface area contributed by atoms with Crippen molar-refractivity contribution in [3.05, 3.63) is 344 Å². The van der Waals surface area contributed by atoms with Gasteiger partial charge < -0.3 is 52.1 Å². The van der Waals surface area contributed by atoms with Crippen LogP contribution in [0.3, 0.4) is 0 Å². The Morgan fingerprint density at radius 2 is 0.697 bits per heavy atom. The summed E-state index contributed by atoms with van der Waals surface area (Å²) in [6.07, 6.45) is 3.64. The molecule has 16 aromatic rings. The fraction of sp³-hybridized carbons (Fsp3) is 0.327. The minimum atomic E-state index is -4.50. The van der Waals surface area contributed by atoms with Crippen LogP contribution in [0, 0.1) is 29.5 Å². The number of aryl methyl sites for hydroxylation is 4. The highest BCUT2D eigenvalue weighted by Crippen LogP contribution is 2.37. The zero-order valence-corrected chi connectivity index (χ0v) is 91.3. The average molecular weight is 2240 g/mol. The Labute approximate surface area is 889 Å². The van der Waals surface area contributed by atoms with Gasteiger partial charge in [0.15, 0.2) is 0 Å². The van der Waals surface area contributed by atoms with Gasteiger partial charge in [-0.3, -0.25) is 24.0 Å². The summed E-state index contributed by atoms with van der Waals surface area (Å²) in [5, 5.41) is 2.54. The largest absolute Gasteiger partial charge is 0.457 e. The van der Waals surface area contributed by atoms with Gasteiger partial charge in [0.2, 0.25) is 0 Å². The van der Waals surface area contributed by atoms with E-state index in [-0.39, 0.29) is 47.5 Å². The molecule has 760 valence electrons. The number of carbonyl (C=O) groups excluding carboxylic acids is 5. The second-order valence-corrected chi connectivity index (χ2v) is 42.5. The van der Waals surface area contributed by atoms with Crippen LogP contribution in [-0.2, 0) is 67.1 Å². The fourth-order valence-corrected chi connectivity index (χ4v) is 19.2. The lowest BCUT2D eigenvalue weighted by atomic mass is 10.1. The highest BCUT2D eigenvalue weighted by molar-refractivity contribution is 9.11. The van der Waals surface area contributed by atoms with Crippen molar-refractivity contribution in [1.82, 2.24) is 72.3 Å². The highest BCUT2D eigenvalue weighted by Gasteiger charge is 2.34. The molecule has 5 heterocycles. The van der Waals surface area contributed by atoms with Gasteiger partial charge in [-0.1, -0.05) is 224 Å². The molecule has 0 spiro atoms. The van der Waals surface area contributed by atoms with Crippen molar-refractivity contribution in [2.75, 3.05) is 32.7 Å². The minimum Gasteiger partial charge on any atom is -0.457 e. The van der Waals surface area contributed by atoms with Crippen molar-refractivity contribution in [2.24, 2.45) is 51.9 Å². The third-order valence-corrected chi connectivity index (χ3v) is 27.3. The molecular formula is C113H120Br3Cl4F4N15O6. The van der Waals surface area contributed by atoms with Crippen LogP contribution in [-0.4, -0.2) is 135 Å². The number of benzene rings is 11. The van der Waals surface area contributed by atoms with E-state index in [1.165, 1.54) is 37.1 Å². The van der Waals surface area contributed by atoms with Crippen molar-refractivity contribution in [1.29, 1.82) is 0 Å². The lowest BCUT2D eigenvalue weighted by molar-refractivity contribution is -0.137. The molecule has 1 fully saturated rings. The Bertz CT molecular complexity index is 7220. The van der Waals surface area contributed by atoms with Crippen molar-refractivity contribution in [2.45, 2.75) is 159 Å². The molecule has 5 aromatic heterocycles. The summed E-state index contributed by atoms with van der Waals surface area (Å²) in [6.45, 7) is 23.9. The van der Waals surface area contributed by atoms with Gasteiger partial charge >= 0.3 is 6.18 Å². The highest BCUT2D eigenvalue weighted by atomic mass is 79.9. The zero-order valence-electron chi connectivity index (χ0n) is 83.5. The Morgan fingerprint density at radius 1 is 0.372 bits per heavy atom. The third-order valence-electron chi connectivity index (χ3n) is 24.9. The number of amides is 5. The normalized spacial score (nSPS) is 12.1. The number of unbranched alkanes of at least 4 members (excludes halogenated alkanes) is 1. The van der Waals surface area contributed by atoms with Crippen LogP contribution in [0.15, 0.2) is 256 Å². The van der Waals surface area contributed by atoms with Gasteiger partial charge in [-0.15, -0.1) is 0 Å². The molecule has 32 heteroatoms. The maximum absolute atomic E-state index is 14.0. The Hall–Kier alpha value is -11.8. The van der Waals surface area contributed by atoms with E-state index in [0.717, 1.165) is 137 Å². The topological polar surface area (TPSA) is 200 Å². The summed E-state index contributed by atoms with van der Waals surface area (Å²) in [4.78, 5) is 98.6. The molecule has 145 heavy (non-hydrogen) atoms. The van der Waals surface area contributed by atoms with Gasteiger partial charge in [-0.2, -0.15) is 13.2 Å². The molecule has 1 saturated carbocycles. The maximum atomic E-state index is 14.0. The quantitative estimate of drug-likeness (QED) is 0.0374. The monoisotopic (exact) mass is 2240 g/mol. The number of ether oxygens (including phenoxy) is 1. The third kappa shape index (κ3) is 29.8. The number of halogens is 11. The minimum absolute atomic E-state index is 0.00471. The number of hydrogen-bond acceptors (Lipinski definition) is 11. The Kier molecular flexibility index (Phi) is 38.9. The molecule has 0 radical (unpaired) electrons. The van der Waals surface area contributed by atoms with E-state index in [9.17, 15) is 41.5 Å². The predicted molar refractivity (Wildman–Crippen MR) is 584 cm³/mol. The molecule has 0 aliphatic heterocycles. The van der Waals surface area contributed by atoms with Crippen molar-refractivity contribution < 1.29 is 46.3 Å². The molecule has 0 saturated heterocycles. The first-order chi connectivity index (χ1) is 69.2. The van der Waals surface area contributed by atoms with Crippen molar-refractivity contribution in [3.63, 3.8) is 0 Å². The number of aromatic nitrogens is 10. The first-order valence-corrected chi connectivity index (χ1v) is 52.4. The summed E-state index contributed by atoms with van der Waals surface area (Å²) < 4.78 is 72.1. The molecule has 1 aliphatic rings. The van der Waals surface area contributed by atoms with Crippen LogP contribution in [0.5, 0.6) is 11.5 Å². The number of nitrogens with zero attached hydrogens (tertiary/aromatic N) is 15. The van der Waals surface area contributed by atoms with Gasteiger partial charge in [0.05, 0.1) is 93.5 Å². The molecular weight excluding hydrogens is 2120 g/mol. The SMILES string of the molecule is CC(C)CCN(Cc1nc2cc(Cl)ccc2n1C)C(=O)c1cccc(Br)c1.CC(C)CCN(Cc1nc2cc(Cl)ccc2n1C)C(=O)c1cccc(C(F)(F)F)c1.CC(C)CN(Cc1nc2cc(Cl)ccc2n1C)C(=O)c1cccc(Br)c1.CC(C)CN(Cc1nc2cc(F)ccc2n1C1CCCC1)C(=O)c1cccc(Oc2ccccc2)c1.CCCCN(Cc1nc2cc(Cl)ccc2n1C)C(=O)c1cccc(Br)c1. The Balaban J connectivity index is 0.000000153. The molecule has 17 rings (SSSR count). The summed E-state index contributed by atoms with van der Waals surface area (Å²) in [6, 6.07) is 71.4. The van der Waals surface area contributed by atoms with Gasteiger partial charge in [-0.25, -0.2) is 29.3 Å². The molecule has 1 aliphatic carbocycles. The van der Waals surface area contributed by atoms with Gasteiger partial charge in [0.25, 0.3) is 29.5 Å². The zero-order chi connectivity index (χ0) is 104. The van der Waals surface area contributed by atoms with Crippen LogP contribution in [0.25, 0.3) is 55.2 Å². The van der Waals surface area contributed by atoms with E-state index in [0.29, 0.717) is 148 Å². The molecule has 0 unspecified atom stereocenters. The molecule has 11 aromatic carbocycles. The molecule has 21 nitrogen and oxygen atoms in total. The van der Waals surface area contributed by atoms with Crippen molar-refractivity contribution >= 4 is 179 Å². The number of hydrogen-bond donors (Lipinski definition) is 0. The van der Waals surface area contributed by atoms with E-state index in [2.05, 4.69) is 116 Å². The number of para-hydroxylation sites is 1. The van der Waals surface area contributed by atoms with Gasteiger partial charge in [0.1, 0.15) is 46.4 Å². The molecule has 0 bridgehead atoms. The van der Waals surface area contributed by atoms with Crippen LogP contribution in [0.2, 0.25) is 20.1 Å². The lowest BCUT2D eigenvalue weighted by Gasteiger charge is -2.26. The summed E-state index contributed by atoms with van der Waals surface area (Å²) in [5.74, 6) is 6.02. The van der Waals surface area contributed by atoms with Crippen LogP contribution in [0.1, 0.15) is 206 Å². The summed E-state index contributed by atoms with van der Waals surface area (Å²) in [7, 11) is 7.76. The standard InChI is InChI=1S/C30H32FN3O2.C22H23ClF3N3O.C21H23BrClN3O.2C20H21BrClN3O/c1-21(2)19-33(30(35)22-9-8-14-26(17-22)36-25-12-4-3-5-13-25)20-29-32-27-18-23(31)15-16-28(27)34(29)24-10-6-7-11-24;1-14(2)9-10-29(21(30)15-5-4-6-16(11-15)22(24,25)26)13-20-27-18-12-17(23)7-8-19(18)28(20)3;1-14(2)9-10-26(21(27)15-5-4-6-16(22)11-15)13-20-24-18-12-17(23)7-8-19(18)25(20)3;1-13(2)11-25(20(26)14-5-4-6-15(21)9-14)12-19-23-17-10-16(22)7-8-18(17)24(19)3;1-3-4-10-25(20(26)14-6-5-7-15(21)11-14)13-19-23-17-12-16(22)8-9-18(17)24(19)2/h3-5,8-9,12-18,21,24H,6-7,10-11,19-20H2,1-2H3;4-8,11-12,14H,9-10,13H2,1-3H3;4-8,11-12,14H,9-10,13H2,1-3H3;4-10,13H,11-12H2,1-3H3;5-9,11-12H,3-4,10,13H2,1-2H3. The Morgan fingerprint density at radius 3 is 1.07 bits per heavy atom. The van der Waals surface area contributed by atoms with Crippen LogP contribution < -0.4 is 4.74 Å². The number of imidazole rings is 5. The molecule has 5 amide bonds. The van der Waals surface area contributed by atoms with E-state index in [1.54, 1.807) is 23.1 Å². The lowest BCUT2D eigenvalue weighted by Crippen LogP contribution is -2.35. The van der Waals surface area contributed by atoms with Crippen LogP contribution in [0.4, 0.5) is 17.6 Å². The van der Waals surface area contributed by atoms with Crippen molar-refractivity contribution in [3.8, 4) is 11.5 Å². The smallest absolute Gasteiger partial charge is 0.416 e. The molecule has 0 atom stereocenters. The predicted octanol–water partition coefficient (Wildman–Crippen LogP) is 29.7. The maximum Gasteiger partial charge on any atom is 0.416 e. The number of fused-ring (bicyclic) bond motifs is 5. The summed E-state index contributed by atoms with van der Waals surface area (Å²) >= 11 is 34.6. The fourth-order valence-electron chi connectivity index (χ4n) is 17.3. The number of rotatable bonds is 31. The first-order valence-electron chi connectivity index (χ1n) is 48.6. The van der Waals surface area contributed by atoms with Gasteiger partial charge in [-0.05, 0) is 244 Å². The van der Waals surface area contributed by atoms with Crippen LogP contribution >= 0.6 is 94.2 Å². The first kappa shape index (κ1) is 110. The van der Waals surface area contributed by atoms with E-state index in [4.69, 9.17) is 61.1 Å². The second-order valence-electron chi connectivity index (χ2n) is 38.0. The van der Waals surface area contributed by atoms with E-state index >= 15 is 0 Å². The van der Waals surface area contributed by atoms with E-state index < -0.39 is 17.6 Å².